The van der Waals surface area contributed by atoms with Gasteiger partial charge in [0.15, 0.2) is 0 Å². The van der Waals surface area contributed by atoms with E-state index in [0.29, 0.717) is 13.1 Å². The van der Waals surface area contributed by atoms with Crippen molar-refractivity contribution in [2.45, 2.75) is 33.0 Å². The van der Waals surface area contributed by atoms with Crippen LogP contribution in [0.2, 0.25) is 0 Å². The first-order chi connectivity index (χ1) is 9.37. The summed E-state index contributed by atoms with van der Waals surface area (Å²) in [5, 5.41) is 3.28. The molecule has 0 spiro atoms. The van der Waals surface area contributed by atoms with Crippen molar-refractivity contribution in [3.8, 4) is 0 Å². The summed E-state index contributed by atoms with van der Waals surface area (Å²) in [5.74, 6) is 0. The second kappa shape index (κ2) is 7.64. The third-order valence-corrected chi connectivity index (χ3v) is 3.31. The van der Waals surface area contributed by atoms with E-state index in [9.17, 15) is 13.2 Å². The van der Waals surface area contributed by atoms with E-state index in [-0.39, 0.29) is 6.04 Å². The van der Waals surface area contributed by atoms with E-state index in [4.69, 9.17) is 0 Å². The Balaban J connectivity index is 2.83. The summed E-state index contributed by atoms with van der Waals surface area (Å²) >= 11 is 0. The van der Waals surface area contributed by atoms with Crippen molar-refractivity contribution >= 4 is 0 Å². The Kier molecular flexibility index (Phi) is 6.49. The number of hydrogen-bond acceptors (Lipinski definition) is 2. The molecule has 1 rings (SSSR count). The van der Waals surface area contributed by atoms with Crippen molar-refractivity contribution in [1.82, 2.24) is 10.2 Å². The van der Waals surface area contributed by atoms with Crippen LogP contribution in [0.15, 0.2) is 24.3 Å². The average molecular weight is 288 g/mol. The van der Waals surface area contributed by atoms with Crippen LogP contribution in [0, 0.1) is 6.92 Å². The maximum Gasteiger partial charge on any atom is 0.401 e. The van der Waals surface area contributed by atoms with Gasteiger partial charge in [-0.25, -0.2) is 0 Å². The first kappa shape index (κ1) is 17.0. The largest absolute Gasteiger partial charge is 0.401 e. The number of likely N-dealkylation sites (N-methyl/N-ethyl adjacent to an activating group) is 2. The molecule has 114 valence electrons. The Morgan fingerprint density at radius 1 is 1.20 bits per heavy atom. The van der Waals surface area contributed by atoms with E-state index in [1.54, 1.807) is 6.92 Å². The third-order valence-electron chi connectivity index (χ3n) is 3.31. The molecule has 1 aromatic carbocycles. The summed E-state index contributed by atoms with van der Waals surface area (Å²) in [4.78, 5) is 1.43. The van der Waals surface area contributed by atoms with Crippen LogP contribution in [0.5, 0.6) is 0 Å². The van der Waals surface area contributed by atoms with Gasteiger partial charge in [-0.2, -0.15) is 13.2 Å². The molecule has 0 aliphatic carbocycles. The Labute approximate surface area is 119 Å². The Bertz CT molecular complexity index is 404. The fourth-order valence-corrected chi connectivity index (χ4v) is 2.31. The lowest BCUT2D eigenvalue weighted by Crippen LogP contribution is -2.40. The number of aryl methyl sites for hydroxylation is 1. The van der Waals surface area contributed by atoms with Gasteiger partial charge in [0, 0.05) is 12.6 Å². The SMILES string of the molecule is CCNC(CN(CC)CC(F)(F)F)c1ccccc1C. The molecule has 0 fully saturated rings. The van der Waals surface area contributed by atoms with Crippen molar-refractivity contribution in [1.29, 1.82) is 0 Å². The molecule has 0 bridgehead atoms. The average Bonchev–Trinajstić information content (AvgIpc) is 2.36. The predicted octanol–water partition coefficient (Wildman–Crippen LogP) is 3.53. The fourth-order valence-electron chi connectivity index (χ4n) is 2.31. The van der Waals surface area contributed by atoms with Gasteiger partial charge in [0.1, 0.15) is 0 Å². The highest BCUT2D eigenvalue weighted by molar-refractivity contribution is 5.29. The standard InChI is InChI=1S/C15H23F3N2/c1-4-19-14(13-9-7-6-8-12(13)3)10-20(5-2)11-15(16,17)18/h6-9,14,19H,4-5,10-11H2,1-3H3. The van der Waals surface area contributed by atoms with Crippen molar-refractivity contribution in [3.05, 3.63) is 35.4 Å². The highest BCUT2D eigenvalue weighted by atomic mass is 19.4. The van der Waals surface area contributed by atoms with E-state index in [0.717, 1.165) is 17.7 Å². The monoisotopic (exact) mass is 288 g/mol. The van der Waals surface area contributed by atoms with E-state index in [1.807, 2.05) is 38.1 Å². The number of nitrogens with one attached hydrogen (secondary N) is 1. The molecule has 0 radical (unpaired) electrons. The maximum absolute atomic E-state index is 12.5. The van der Waals surface area contributed by atoms with E-state index >= 15 is 0 Å². The molecule has 0 aromatic heterocycles. The molecule has 0 amide bonds. The summed E-state index contributed by atoms with van der Waals surface area (Å²) in [7, 11) is 0. The summed E-state index contributed by atoms with van der Waals surface area (Å²) in [5.41, 5.74) is 2.16. The molecular weight excluding hydrogens is 265 g/mol. The first-order valence-electron chi connectivity index (χ1n) is 6.95. The highest BCUT2D eigenvalue weighted by Crippen LogP contribution is 2.21. The van der Waals surface area contributed by atoms with Gasteiger partial charge < -0.3 is 5.32 Å². The lowest BCUT2D eigenvalue weighted by atomic mass is 10.0. The van der Waals surface area contributed by atoms with Gasteiger partial charge in [-0.05, 0) is 31.1 Å². The van der Waals surface area contributed by atoms with Gasteiger partial charge in [-0.3, -0.25) is 4.90 Å². The molecule has 0 aliphatic rings. The van der Waals surface area contributed by atoms with Crippen LogP contribution in [0.4, 0.5) is 13.2 Å². The molecule has 1 atom stereocenters. The molecule has 0 heterocycles. The van der Waals surface area contributed by atoms with E-state index < -0.39 is 12.7 Å². The molecule has 0 aliphatic heterocycles. The summed E-state index contributed by atoms with van der Waals surface area (Å²) in [6.45, 7) is 6.31. The van der Waals surface area contributed by atoms with Gasteiger partial charge in [0.25, 0.3) is 0 Å². The third kappa shape index (κ3) is 5.51. The molecule has 1 unspecified atom stereocenters. The maximum atomic E-state index is 12.5. The number of hydrogen-bond donors (Lipinski definition) is 1. The van der Waals surface area contributed by atoms with E-state index in [1.165, 1.54) is 4.90 Å². The molecular formula is C15H23F3N2. The van der Waals surface area contributed by atoms with Gasteiger partial charge in [-0.1, -0.05) is 38.1 Å². The number of halogens is 3. The van der Waals surface area contributed by atoms with Gasteiger partial charge in [0.2, 0.25) is 0 Å². The smallest absolute Gasteiger partial charge is 0.309 e. The highest BCUT2D eigenvalue weighted by Gasteiger charge is 2.31. The second-order valence-corrected chi connectivity index (χ2v) is 4.91. The summed E-state index contributed by atoms with van der Waals surface area (Å²) in [6.07, 6.45) is -4.15. The number of alkyl halides is 3. The normalized spacial score (nSPS) is 13.8. The zero-order valence-electron chi connectivity index (χ0n) is 12.3. The van der Waals surface area contributed by atoms with E-state index in [2.05, 4.69) is 5.32 Å². The minimum absolute atomic E-state index is 0.0801. The fraction of sp³-hybridized carbons (Fsp3) is 0.600. The second-order valence-electron chi connectivity index (χ2n) is 4.91. The van der Waals surface area contributed by atoms with Crippen molar-refractivity contribution in [2.75, 3.05) is 26.2 Å². The molecule has 2 nitrogen and oxygen atoms in total. The molecule has 0 saturated carbocycles. The quantitative estimate of drug-likeness (QED) is 0.825. The minimum atomic E-state index is -4.15. The Morgan fingerprint density at radius 3 is 2.35 bits per heavy atom. The van der Waals surface area contributed by atoms with Crippen LogP contribution in [0.1, 0.15) is 31.0 Å². The Hall–Kier alpha value is -1.07. The predicted molar refractivity (Wildman–Crippen MR) is 75.8 cm³/mol. The minimum Gasteiger partial charge on any atom is -0.309 e. The zero-order valence-corrected chi connectivity index (χ0v) is 12.3. The van der Waals surface area contributed by atoms with Crippen LogP contribution in [-0.4, -0.2) is 37.3 Å². The number of rotatable bonds is 7. The van der Waals surface area contributed by atoms with Crippen LogP contribution in [0.3, 0.4) is 0 Å². The number of benzene rings is 1. The first-order valence-corrected chi connectivity index (χ1v) is 6.95. The van der Waals surface area contributed by atoms with Crippen molar-refractivity contribution in [3.63, 3.8) is 0 Å². The molecule has 20 heavy (non-hydrogen) atoms. The zero-order chi connectivity index (χ0) is 15.2. The van der Waals surface area contributed by atoms with Crippen LogP contribution < -0.4 is 5.32 Å². The number of nitrogens with zero attached hydrogens (tertiary/aromatic N) is 1. The molecule has 1 N–H and O–H groups in total. The van der Waals surface area contributed by atoms with Gasteiger partial charge in [0.05, 0.1) is 6.54 Å². The Morgan fingerprint density at radius 2 is 1.85 bits per heavy atom. The van der Waals surface area contributed by atoms with Crippen LogP contribution >= 0.6 is 0 Å². The van der Waals surface area contributed by atoms with Crippen molar-refractivity contribution in [2.24, 2.45) is 0 Å². The lowest BCUT2D eigenvalue weighted by molar-refractivity contribution is -0.146. The summed E-state index contributed by atoms with van der Waals surface area (Å²) < 4.78 is 37.6. The van der Waals surface area contributed by atoms with Gasteiger partial charge in [-0.15, -0.1) is 0 Å². The summed E-state index contributed by atoms with van der Waals surface area (Å²) in [6, 6.07) is 7.74. The van der Waals surface area contributed by atoms with Crippen molar-refractivity contribution < 1.29 is 13.2 Å². The molecule has 1 aromatic rings. The molecule has 0 saturated heterocycles. The van der Waals surface area contributed by atoms with Gasteiger partial charge >= 0.3 is 6.18 Å². The lowest BCUT2D eigenvalue weighted by Gasteiger charge is -2.28. The topological polar surface area (TPSA) is 15.3 Å². The van der Waals surface area contributed by atoms with Crippen LogP contribution in [-0.2, 0) is 0 Å². The molecule has 5 heteroatoms. The van der Waals surface area contributed by atoms with Crippen LogP contribution in [0.25, 0.3) is 0 Å².